The Morgan fingerprint density at radius 2 is 2.04 bits per heavy atom. The predicted octanol–water partition coefficient (Wildman–Crippen LogP) is 4.17. The summed E-state index contributed by atoms with van der Waals surface area (Å²) in [6.45, 7) is 4.92. The van der Waals surface area contributed by atoms with Gasteiger partial charge in [-0.15, -0.1) is 0 Å². The molecular formula is C18H22Cl2N4. The van der Waals surface area contributed by atoms with Crippen LogP contribution in [0, 0.1) is 6.92 Å². The molecule has 0 aliphatic heterocycles. The highest BCUT2D eigenvalue weighted by Gasteiger charge is 2.09. The molecule has 1 unspecified atom stereocenters. The molecule has 2 rings (SSSR count). The van der Waals surface area contributed by atoms with Gasteiger partial charge < -0.3 is 10.6 Å². The number of rotatable bonds is 5. The molecule has 6 heteroatoms. The summed E-state index contributed by atoms with van der Waals surface area (Å²) in [6.07, 6.45) is 4.62. The summed E-state index contributed by atoms with van der Waals surface area (Å²) in [7, 11) is 1.76. The molecule has 24 heavy (non-hydrogen) atoms. The number of guanidine groups is 1. The topological polar surface area (TPSA) is 49.3 Å². The van der Waals surface area contributed by atoms with Gasteiger partial charge in [-0.1, -0.05) is 29.3 Å². The van der Waals surface area contributed by atoms with E-state index in [4.69, 9.17) is 23.2 Å². The molecule has 0 amide bonds. The standard InChI is InChI=1S/C18H22Cl2N4/c1-12-11-22-8-6-14(12)7-9-23-18(21-3)24-13(2)15-4-5-16(19)17(20)10-15/h4-6,8,10-11,13H,7,9H2,1-3H3,(H2,21,23,24). The highest BCUT2D eigenvalue weighted by atomic mass is 35.5. The fourth-order valence-electron chi connectivity index (χ4n) is 2.36. The average Bonchev–Trinajstić information content (AvgIpc) is 2.57. The third kappa shape index (κ3) is 5.11. The first-order valence-electron chi connectivity index (χ1n) is 7.83. The summed E-state index contributed by atoms with van der Waals surface area (Å²) in [5.74, 6) is 0.750. The lowest BCUT2D eigenvalue weighted by atomic mass is 10.1. The summed E-state index contributed by atoms with van der Waals surface area (Å²) in [4.78, 5) is 8.38. The second-order valence-electron chi connectivity index (χ2n) is 5.59. The van der Waals surface area contributed by atoms with Gasteiger partial charge in [0.1, 0.15) is 0 Å². The SMILES string of the molecule is CN=C(NCCc1ccncc1C)NC(C)c1ccc(Cl)c(Cl)c1. The zero-order valence-electron chi connectivity index (χ0n) is 14.1. The molecule has 0 radical (unpaired) electrons. The van der Waals surface area contributed by atoms with E-state index in [-0.39, 0.29) is 6.04 Å². The molecule has 1 aromatic carbocycles. The van der Waals surface area contributed by atoms with E-state index in [2.05, 4.69) is 34.5 Å². The predicted molar refractivity (Wildman–Crippen MR) is 102 cm³/mol. The molecule has 1 aromatic heterocycles. The molecule has 128 valence electrons. The quantitative estimate of drug-likeness (QED) is 0.618. The van der Waals surface area contributed by atoms with Crippen LogP contribution in [0.15, 0.2) is 41.7 Å². The number of pyridine rings is 1. The minimum absolute atomic E-state index is 0.0635. The number of nitrogens with zero attached hydrogens (tertiary/aromatic N) is 2. The van der Waals surface area contributed by atoms with Gasteiger partial charge in [-0.05, 0) is 55.2 Å². The zero-order valence-corrected chi connectivity index (χ0v) is 15.6. The van der Waals surface area contributed by atoms with Gasteiger partial charge in [0.05, 0.1) is 16.1 Å². The van der Waals surface area contributed by atoms with E-state index in [1.54, 1.807) is 13.1 Å². The fourth-order valence-corrected chi connectivity index (χ4v) is 2.67. The highest BCUT2D eigenvalue weighted by Crippen LogP contribution is 2.25. The molecule has 2 aromatic rings. The van der Waals surface area contributed by atoms with Crippen molar-refractivity contribution in [1.29, 1.82) is 0 Å². The third-order valence-corrected chi connectivity index (χ3v) is 4.58. The molecular weight excluding hydrogens is 343 g/mol. The van der Waals surface area contributed by atoms with Crippen molar-refractivity contribution in [3.63, 3.8) is 0 Å². The Hall–Kier alpha value is -1.78. The van der Waals surface area contributed by atoms with Crippen LogP contribution in [0.3, 0.4) is 0 Å². The van der Waals surface area contributed by atoms with Gasteiger partial charge in [0.25, 0.3) is 0 Å². The minimum atomic E-state index is 0.0635. The maximum atomic E-state index is 6.08. The van der Waals surface area contributed by atoms with Crippen LogP contribution < -0.4 is 10.6 Å². The van der Waals surface area contributed by atoms with Crippen LogP contribution in [0.4, 0.5) is 0 Å². The zero-order chi connectivity index (χ0) is 17.5. The van der Waals surface area contributed by atoms with Crippen molar-refractivity contribution < 1.29 is 0 Å². The van der Waals surface area contributed by atoms with Crippen LogP contribution in [0.5, 0.6) is 0 Å². The number of hydrogen-bond acceptors (Lipinski definition) is 2. The lowest BCUT2D eigenvalue weighted by molar-refractivity contribution is 0.684. The van der Waals surface area contributed by atoms with Crippen LogP contribution >= 0.6 is 23.2 Å². The van der Waals surface area contributed by atoms with Crippen molar-refractivity contribution in [1.82, 2.24) is 15.6 Å². The fraction of sp³-hybridized carbons (Fsp3) is 0.333. The Balaban J connectivity index is 1.90. The van der Waals surface area contributed by atoms with E-state index >= 15 is 0 Å². The molecule has 0 aliphatic rings. The van der Waals surface area contributed by atoms with E-state index in [0.29, 0.717) is 10.0 Å². The number of halogens is 2. The van der Waals surface area contributed by atoms with Gasteiger partial charge in [0.2, 0.25) is 0 Å². The van der Waals surface area contributed by atoms with Crippen molar-refractivity contribution >= 4 is 29.2 Å². The van der Waals surface area contributed by atoms with Crippen molar-refractivity contribution in [2.75, 3.05) is 13.6 Å². The number of hydrogen-bond donors (Lipinski definition) is 2. The maximum Gasteiger partial charge on any atom is 0.191 e. The summed E-state index contributed by atoms with van der Waals surface area (Å²) in [6, 6.07) is 7.74. The largest absolute Gasteiger partial charge is 0.356 e. The first-order valence-corrected chi connectivity index (χ1v) is 8.58. The molecule has 0 spiro atoms. The molecule has 0 fully saturated rings. The Morgan fingerprint density at radius 3 is 2.71 bits per heavy atom. The normalized spacial score (nSPS) is 12.8. The van der Waals surface area contributed by atoms with Crippen molar-refractivity contribution in [2.24, 2.45) is 4.99 Å². The summed E-state index contributed by atoms with van der Waals surface area (Å²) < 4.78 is 0. The molecule has 0 aliphatic carbocycles. The summed E-state index contributed by atoms with van der Waals surface area (Å²) >= 11 is 12.0. The molecule has 2 N–H and O–H groups in total. The van der Waals surface area contributed by atoms with Crippen molar-refractivity contribution in [2.45, 2.75) is 26.3 Å². The van der Waals surface area contributed by atoms with E-state index in [0.717, 1.165) is 24.5 Å². The van der Waals surface area contributed by atoms with Crippen LogP contribution in [0.25, 0.3) is 0 Å². The van der Waals surface area contributed by atoms with Gasteiger partial charge in [-0.25, -0.2) is 0 Å². The van der Waals surface area contributed by atoms with Gasteiger partial charge in [-0.3, -0.25) is 9.98 Å². The average molecular weight is 365 g/mol. The number of nitrogens with one attached hydrogen (secondary N) is 2. The number of aryl methyl sites for hydroxylation is 1. The summed E-state index contributed by atoms with van der Waals surface area (Å²) in [5.41, 5.74) is 3.54. The Kier molecular flexibility index (Phi) is 6.88. The lowest BCUT2D eigenvalue weighted by Gasteiger charge is -2.19. The molecule has 1 heterocycles. The van der Waals surface area contributed by atoms with Crippen LogP contribution in [-0.4, -0.2) is 24.5 Å². The van der Waals surface area contributed by atoms with Crippen LogP contribution in [0.1, 0.15) is 29.7 Å². The van der Waals surface area contributed by atoms with E-state index in [1.165, 1.54) is 11.1 Å². The molecule has 0 saturated carbocycles. The lowest BCUT2D eigenvalue weighted by Crippen LogP contribution is -2.39. The molecule has 1 atom stereocenters. The monoisotopic (exact) mass is 364 g/mol. The molecule has 0 saturated heterocycles. The number of aliphatic imine (C=N–C) groups is 1. The van der Waals surface area contributed by atoms with Gasteiger partial charge in [-0.2, -0.15) is 0 Å². The van der Waals surface area contributed by atoms with Crippen LogP contribution in [-0.2, 0) is 6.42 Å². The van der Waals surface area contributed by atoms with Gasteiger partial charge in [0.15, 0.2) is 5.96 Å². The van der Waals surface area contributed by atoms with Gasteiger partial charge >= 0.3 is 0 Å². The van der Waals surface area contributed by atoms with Crippen LogP contribution in [0.2, 0.25) is 10.0 Å². The third-order valence-electron chi connectivity index (χ3n) is 3.84. The first-order chi connectivity index (χ1) is 11.5. The van der Waals surface area contributed by atoms with Gasteiger partial charge in [0, 0.05) is 26.0 Å². The van der Waals surface area contributed by atoms with Crippen molar-refractivity contribution in [3.8, 4) is 0 Å². The number of benzene rings is 1. The van der Waals surface area contributed by atoms with E-state index in [9.17, 15) is 0 Å². The second kappa shape index (κ2) is 8.90. The Labute approximate surface area is 153 Å². The number of aromatic nitrogens is 1. The molecule has 4 nitrogen and oxygen atoms in total. The van der Waals surface area contributed by atoms with E-state index in [1.807, 2.05) is 30.6 Å². The van der Waals surface area contributed by atoms with Crippen molar-refractivity contribution in [3.05, 3.63) is 63.4 Å². The minimum Gasteiger partial charge on any atom is -0.356 e. The maximum absolute atomic E-state index is 6.08. The Morgan fingerprint density at radius 1 is 1.25 bits per heavy atom. The molecule has 0 bridgehead atoms. The second-order valence-corrected chi connectivity index (χ2v) is 6.41. The first kappa shape index (κ1) is 18.6. The highest BCUT2D eigenvalue weighted by molar-refractivity contribution is 6.42. The Bertz CT molecular complexity index is 716. The summed E-state index contributed by atoms with van der Waals surface area (Å²) in [5, 5.41) is 7.80. The van der Waals surface area contributed by atoms with E-state index < -0.39 is 0 Å². The smallest absolute Gasteiger partial charge is 0.191 e.